The Kier molecular flexibility index (Phi) is 4.24. The van der Waals surface area contributed by atoms with Gasteiger partial charge in [0, 0.05) is 37.0 Å². The molecule has 0 spiro atoms. The maximum absolute atomic E-state index is 11.8. The molecule has 1 aromatic carbocycles. The molecule has 1 amide bonds. The lowest BCUT2D eigenvalue weighted by Gasteiger charge is -1.93. The molecule has 0 unspecified atom stereocenters. The van der Waals surface area contributed by atoms with Gasteiger partial charge >= 0.3 is 0 Å². The molecule has 0 bridgehead atoms. The molecule has 0 aliphatic rings. The molecule has 2 heterocycles. The molecule has 3 aromatic rings. The van der Waals surface area contributed by atoms with Gasteiger partial charge in [-0.05, 0) is 12.1 Å². The molecule has 22 heavy (non-hydrogen) atoms. The van der Waals surface area contributed by atoms with E-state index in [4.69, 9.17) is 4.42 Å². The molecule has 0 saturated heterocycles. The van der Waals surface area contributed by atoms with Gasteiger partial charge in [0.1, 0.15) is 0 Å². The first-order valence-electron chi connectivity index (χ1n) is 6.78. The van der Waals surface area contributed by atoms with Crippen molar-refractivity contribution in [2.24, 2.45) is 12.0 Å². The molecule has 0 fully saturated rings. The van der Waals surface area contributed by atoms with Gasteiger partial charge in [-0.25, -0.2) is 0 Å². The van der Waals surface area contributed by atoms with E-state index in [1.54, 1.807) is 0 Å². The monoisotopic (exact) mass is 314 g/mol. The Morgan fingerprint density at radius 3 is 2.86 bits per heavy atom. The lowest BCUT2D eigenvalue weighted by Crippen LogP contribution is -2.12. The van der Waals surface area contributed by atoms with E-state index in [1.807, 2.05) is 53.5 Å². The van der Waals surface area contributed by atoms with E-state index >= 15 is 0 Å². The maximum Gasteiger partial charge on any atom is 0.248 e. The molecule has 7 heteroatoms. The van der Waals surface area contributed by atoms with Crippen molar-refractivity contribution >= 4 is 17.2 Å². The first-order chi connectivity index (χ1) is 10.7. The molecular weight excluding hydrogens is 300 g/mol. The van der Waals surface area contributed by atoms with Crippen LogP contribution < -0.4 is 4.80 Å². The summed E-state index contributed by atoms with van der Waals surface area (Å²) in [5.41, 5.74) is 0.864. The zero-order valence-corrected chi connectivity index (χ0v) is 12.8. The van der Waals surface area contributed by atoms with E-state index in [1.165, 1.54) is 11.3 Å². The largest absolute Gasteiger partial charge is 0.421 e. The van der Waals surface area contributed by atoms with E-state index in [2.05, 4.69) is 15.2 Å². The summed E-state index contributed by atoms with van der Waals surface area (Å²) >= 11 is 1.42. The highest BCUT2D eigenvalue weighted by molar-refractivity contribution is 7.07. The Morgan fingerprint density at radius 1 is 1.32 bits per heavy atom. The van der Waals surface area contributed by atoms with E-state index in [0.29, 0.717) is 23.0 Å². The Labute approximate surface area is 130 Å². The van der Waals surface area contributed by atoms with Gasteiger partial charge in [-0.3, -0.25) is 4.79 Å². The van der Waals surface area contributed by atoms with Gasteiger partial charge in [0.05, 0.1) is 0 Å². The predicted octanol–water partition coefficient (Wildman–Crippen LogP) is 2.20. The van der Waals surface area contributed by atoms with Crippen molar-refractivity contribution in [2.45, 2.75) is 12.8 Å². The van der Waals surface area contributed by atoms with Crippen LogP contribution in [-0.2, 0) is 18.3 Å². The third-order valence-corrected chi connectivity index (χ3v) is 3.87. The molecule has 0 aliphatic heterocycles. The standard InChI is InChI=1S/C15H14N4O2S/c1-19-9-10-22-15(19)16-12(20)7-8-13-17-18-14(21-13)11-5-3-2-4-6-11/h2-6,9-10H,7-8H2,1H3. The number of rotatable bonds is 4. The van der Waals surface area contributed by atoms with Gasteiger partial charge in [0.2, 0.25) is 17.7 Å². The first-order valence-corrected chi connectivity index (χ1v) is 7.66. The summed E-state index contributed by atoms with van der Waals surface area (Å²) in [6, 6.07) is 9.53. The lowest BCUT2D eigenvalue weighted by molar-refractivity contribution is -0.118. The highest BCUT2D eigenvalue weighted by Crippen LogP contribution is 2.17. The van der Waals surface area contributed by atoms with Gasteiger partial charge in [-0.15, -0.1) is 21.5 Å². The number of carbonyl (C=O) groups excluding carboxylic acids is 1. The quantitative estimate of drug-likeness (QED) is 0.740. The Balaban J connectivity index is 1.64. The fraction of sp³-hybridized carbons (Fsp3) is 0.200. The predicted molar refractivity (Wildman–Crippen MR) is 81.9 cm³/mol. The normalized spacial score (nSPS) is 11.8. The van der Waals surface area contributed by atoms with Gasteiger partial charge < -0.3 is 8.98 Å². The fourth-order valence-corrected chi connectivity index (χ4v) is 2.61. The number of aryl methyl sites for hydroxylation is 2. The van der Waals surface area contributed by atoms with E-state index in [-0.39, 0.29) is 12.3 Å². The summed E-state index contributed by atoms with van der Waals surface area (Å²) in [6.45, 7) is 0. The Bertz CT molecular complexity index is 832. The number of thiazole rings is 1. The molecule has 3 rings (SSSR count). The van der Waals surface area contributed by atoms with Crippen molar-refractivity contribution in [3.8, 4) is 11.5 Å². The number of nitrogens with zero attached hydrogens (tertiary/aromatic N) is 4. The van der Waals surface area contributed by atoms with Crippen LogP contribution in [0.5, 0.6) is 0 Å². The first kappa shape index (κ1) is 14.4. The van der Waals surface area contributed by atoms with Crippen LogP contribution in [0.4, 0.5) is 0 Å². The number of hydrogen-bond acceptors (Lipinski definition) is 5. The van der Waals surface area contributed by atoms with Crippen LogP contribution in [-0.4, -0.2) is 20.7 Å². The average molecular weight is 314 g/mol. The van der Waals surface area contributed by atoms with Crippen molar-refractivity contribution in [2.75, 3.05) is 0 Å². The summed E-state index contributed by atoms with van der Waals surface area (Å²) in [5, 5.41) is 9.84. The van der Waals surface area contributed by atoms with Crippen molar-refractivity contribution in [3.63, 3.8) is 0 Å². The van der Waals surface area contributed by atoms with Gasteiger partial charge in [0.15, 0.2) is 4.80 Å². The molecular formula is C15H14N4O2S. The van der Waals surface area contributed by atoms with Crippen molar-refractivity contribution in [3.05, 3.63) is 52.6 Å². The molecule has 0 aliphatic carbocycles. The topological polar surface area (TPSA) is 73.3 Å². The number of benzene rings is 1. The Hall–Kier alpha value is -2.54. The van der Waals surface area contributed by atoms with Crippen LogP contribution in [0.1, 0.15) is 12.3 Å². The highest BCUT2D eigenvalue weighted by atomic mass is 32.1. The van der Waals surface area contributed by atoms with Crippen LogP contribution >= 0.6 is 11.3 Å². The third kappa shape index (κ3) is 3.37. The van der Waals surface area contributed by atoms with E-state index in [0.717, 1.165) is 5.56 Å². The number of hydrogen-bond donors (Lipinski definition) is 0. The third-order valence-electron chi connectivity index (χ3n) is 3.02. The number of amides is 1. The summed E-state index contributed by atoms with van der Waals surface area (Å²) in [5.74, 6) is 0.708. The summed E-state index contributed by atoms with van der Waals surface area (Å²) < 4.78 is 7.37. The molecule has 0 saturated carbocycles. The summed E-state index contributed by atoms with van der Waals surface area (Å²) in [7, 11) is 1.85. The van der Waals surface area contributed by atoms with E-state index in [9.17, 15) is 4.79 Å². The van der Waals surface area contributed by atoms with Crippen LogP contribution in [0.2, 0.25) is 0 Å². The second-order valence-corrected chi connectivity index (χ2v) is 5.54. The lowest BCUT2D eigenvalue weighted by atomic mass is 10.2. The molecule has 0 atom stereocenters. The SMILES string of the molecule is Cn1ccsc1=NC(=O)CCc1nnc(-c2ccccc2)o1. The average Bonchev–Trinajstić information content (AvgIpc) is 3.16. The molecule has 6 nitrogen and oxygen atoms in total. The minimum atomic E-state index is -0.197. The minimum Gasteiger partial charge on any atom is -0.421 e. The van der Waals surface area contributed by atoms with Gasteiger partial charge in [0.25, 0.3) is 0 Å². The molecule has 2 aromatic heterocycles. The highest BCUT2D eigenvalue weighted by Gasteiger charge is 2.10. The van der Waals surface area contributed by atoms with Crippen LogP contribution in [0, 0.1) is 0 Å². The smallest absolute Gasteiger partial charge is 0.248 e. The van der Waals surface area contributed by atoms with E-state index < -0.39 is 0 Å². The molecule has 0 radical (unpaired) electrons. The van der Waals surface area contributed by atoms with Crippen molar-refractivity contribution in [1.29, 1.82) is 0 Å². The second kappa shape index (κ2) is 6.48. The van der Waals surface area contributed by atoms with Crippen LogP contribution in [0.15, 0.2) is 51.3 Å². The van der Waals surface area contributed by atoms with Crippen molar-refractivity contribution < 1.29 is 9.21 Å². The zero-order valence-electron chi connectivity index (χ0n) is 12.0. The molecule has 112 valence electrons. The van der Waals surface area contributed by atoms with Gasteiger partial charge in [-0.1, -0.05) is 18.2 Å². The Morgan fingerprint density at radius 2 is 2.14 bits per heavy atom. The number of aromatic nitrogens is 3. The summed E-state index contributed by atoms with van der Waals surface area (Å²) in [6.07, 6.45) is 2.49. The molecule has 0 N–H and O–H groups in total. The van der Waals surface area contributed by atoms with Crippen molar-refractivity contribution in [1.82, 2.24) is 14.8 Å². The second-order valence-electron chi connectivity index (χ2n) is 4.67. The number of carbonyl (C=O) groups is 1. The zero-order chi connectivity index (χ0) is 15.4. The van der Waals surface area contributed by atoms with Gasteiger partial charge in [-0.2, -0.15) is 4.99 Å². The van der Waals surface area contributed by atoms with Crippen LogP contribution in [0.25, 0.3) is 11.5 Å². The summed E-state index contributed by atoms with van der Waals surface area (Å²) in [4.78, 5) is 16.6. The van der Waals surface area contributed by atoms with Crippen LogP contribution in [0.3, 0.4) is 0 Å². The fourth-order valence-electron chi connectivity index (χ4n) is 1.86. The minimum absolute atomic E-state index is 0.197. The maximum atomic E-state index is 11.8.